The summed E-state index contributed by atoms with van der Waals surface area (Å²) in [6.45, 7) is 0. The first-order valence-electron chi connectivity index (χ1n) is 6.47. The Kier molecular flexibility index (Phi) is 3.31. The molecule has 0 saturated carbocycles. The number of carbonyl (C=O) groups is 1. The fourth-order valence-electron chi connectivity index (χ4n) is 2.26. The largest absolute Gasteiger partial charge is 0.497 e. The average molecular weight is 282 g/mol. The third kappa shape index (κ3) is 2.23. The molecule has 0 unspecified atom stereocenters. The number of rotatable bonds is 3. The molecule has 0 bridgehead atoms. The van der Waals surface area contributed by atoms with Gasteiger partial charge in [-0.1, -0.05) is 0 Å². The van der Waals surface area contributed by atoms with Gasteiger partial charge in [0.2, 0.25) is 0 Å². The minimum absolute atomic E-state index is 0.200. The van der Waals surface area contributed by atoms with Gasteiger partial charge in [-0.3, -0.25) is 9.78 Å². The molecule has 1 N–H and O–H groups in total. The fourth-order valence-corrected chi connectivity index (χ4v) is 2.26. The number of hydrogen-bond acceptors (Lipinski definition) is 4. The van der Waals surface area contributed by atoms with Crippen LogP contribution in [0.4, 0.5) is 0 Å². The number of methoxy groups -OCH3 is 1. The zero-order chi connectivity index (χ0) is 14.8. The van der Waals surface area contributed by atoms with Crippen LogP contribution in [-0.4, -0.2) is 25.0 Å². The van der Waals surface area contributed by atoms with Crippen LogP contribution in [0.5, 0.6) is 5.75 Å². The van der Waals surface area contributed by atoms with Gasteiger partial charge in [-0.15, -0.1) is 0 Å². The number of nitrogens with zero attached hydrogens (tertiary/aromatic N) is 1. The van der Waals surface area contributed by atoms with Gasteiger partial charge in [0.05, 0.1) is 12.7 Å². The number of carbonyl (C=O) groups excluding carboxylic acids is 1. The van der Waals surface area contributed by atoms with Gasteiger partial charge in [0.25, 0.3) is 5.91 Å². The van der Waals surface area contributed by atoms with Crippen LogP contribution < -0.4 is 10.1 Å². The Morgan fingerprint density at radius 1 is 1.24 bits per heavy atom. The maximum atomic E-state index is 12.3. The molecule has 2 heterocycles. The summed E-state index contributed by atoms with van der Waals surface area (Å²) in [4.78, 5) is 16.2. The van der Waals surface area contributed by atoms with Crippen LogP contribution in [0.25, 0.3) is 22.3 Å². The zero-order valence-corrected chi connectivity index (χ0v) is 11.7. The average Bonchev–Trinajstić information content (AvgIpc) is 2.93. The summed E-state index contributed by atoms with van der Waals surface area (Å²) in [5, 5.41) is 3.37. The number of aromatic nitrogens is 1. The quantitative estimate of drug-likeness (QED) is 0.802. The second-order valence-corrected chi connectivity index (χ2v) is 4.48. The van der Waals surface area contributed by atoms with Crippen molar-refractivity contribution in [3.8, 4) is 17.1 Å². The number of benzene rings is 1. The van der Waals surface area contributed by atoms with Gasteiger partial charge in [-0.2, -0.15) is 0 Å². The minimum Gasteiger partial charge on any atom is -0.497 e. The van der Waals surface area contributed by atoms with E-state index in [1.807, 2.05) is 0 Å². The highest BCUT2D eigenvalue weighted by Gasteiger charge is 2.21. The van der Waals surface area contributed by atoms with E-state index in [1.54, 1.807) is 56.9 Å². The lowest BCUT2D eigenvalue weighted by Gasteiger charge is -2.02. The molecule has 3 aromatic rings. The Morgan fingerprint density at radius 3 is 2.67 bits per heavy atom. The third-order valence-corrected chi connectivity index (χ3v) is 3.29. The van der Waals surface area contributed by atoms with Crippen molar-refractivity contribution < 1.29 is 13.9 Å². The van der Waals surface area contributed by atoms with Gasteiger partial charge in [-0.05, 0) is 30.3 Å². The van der Waals surface area contributed by atoms with Crippen molar-refractivity contribution in [2.75, 3.05) is 14.2 Å². The van der Waals surface area contributed by atoms with Crippen molar-refractivity contribution in [3.63, 3.8) is 0 Å². The van der Waals surface area contributed by atoms with E-state index in [4.69, 9.17) is 9.15 Å². The van der Waals surface area contributed by atoms with Crippen molar-refractivity contribution in [2.24, 2.45) is 0 Å². The van der Waals surface area contributed by atoms with E-state index in [1.165, 1.54) is 0 Å². The predicted molar refractivity (Wildman–Crippen MR) is 79.4 cm³/mol. The minimum atomic E-state index is -0.200. The number of pyridine rings is 1. The summed E-state index contributed by atoms with van der Waals surface area (Å²) in [6.07, 6.45) is 3.33. The van der Waals surface area contributed by atoms with Crippen LogP contribution >= 0.6 is 0 Å². The first-order valence-corrected chi connectivity index (χ1v) is 6.47. The van der Waals surface area contributed by atoms with E-state index >= 15 is 0 Å². The second-order valence-electron chi connectivity index (χ2n) is 4.48. The van der Waals surface area contributed by atoms with E-state index in [9.17, 15) is 4.79 Å². The highest BCUT2D eigenvalue weighted by atomic mass is 16.5. The van der Waals surface area contributed by atoms with Crippen LogP contribution in [0.3, 0.4) is 0 Å². The molecule has 21 heavy (non-hydrogen) atoms. The maximum Gasteiger partial charge on any atom is 0.255 e. The highest BCUT2D eigenvalue weighted by Crippen LogP contribution is 2.35. The van der Waals surface area contributed by atoms with E-state index in [-0.39, 0.29) is 5.91 Å². The summed E-state index contributed by atoms with van der Waals surface area (Å²) < 4.78 is 11.1. The molecule has 1 aromatic carbocycles. The SMILES string of the molecule is CNC(=O)c1c(-c2ccncc2)oc2ccc(OC)cc12. The van der Waals surface area contributed by atoms with Crippen molar-refractivity contribution >= 4 is 16.9 Å². The van der Waals surface area contributed by atoms with Crippen LogP contribution in [0.1, 0.15) is 10.4 Å². The number of amides is 1. The van der Waals surface area contributed by atoms with E-state index in [2.05, 4.69) is 10.3 Å². The van der Waals surface area contributed by atoms with Crippen molar-refractivity contribution in [3.05, 3.63) is 48.3 Å². The maximum absolute atomic E-state index is 12.3. The molecule has 0 aliphatic carbocycles. The van der Waals surface area contributed by atoms with E-state index in [0.717, 1.165) is 10.9 Å². The van der Waals surface area contributed by atoms with Gasteiger partial charge >= 0.3 is 0 Å². The Labute approximate surface area is 121 Å². The number of hydrogen-bond donors (Lipinski definition) is 1. The van der Waals surface area contributed by atoms with Gasteiger partial charge in [-0.25, -0.2) is 0 Å². The van der Waals surface area contributed by atoms with Gasteiger partial charge < -0.3 is 14.5 Å². The van der Waals surface area contributed by atoms with Crippen molar-refractivity contribution in [1.29, 1.82) is 0 Å². The Morgan fingerprint density at radius 2 is 2.00 bits per heavy atom. The first kappa shape index (κ1) is 13.2. The smallest absolute Gasteiger partial charge is 0.255 e. The number of fused-ring (bicyclic) bond motifs is 1. The third-order valence-electron chi connectivity index (χ3n) is 3.29. The Balaban J connectivity index is 2.31. The summed E-state index contributed by atoms with van der Waals surface area (Å²) in [5.74, 6) is 1.00. The molecule has 2 aromatic heterocycles. The molecular formula is C16H14N2O3. The van der Waals surface area contributed by atoms with Crippen molar-refractivity contribution in [1.82, 2.24) is 10.3 Å². The number of furan rings is 1. The first-order chi connectivity index (χ1) is 10.2. The number of ether oxygens (including phenoxy) is 1. The summed E-state index contributed by atoms with van der Waals surface area (Å²) in [6, 6.07) is 9.01. The zero-order valence-electron chi connectivity index (χ0n) is 11.7. The molecule has 0 aliphatic rings. The second kappa shape index (κ2) is 5.28. The monoisotopic (exact) mass is 282 g/mol. The van der Waals surface area contributed by atoms with Crippen molar-refractivity contribution in [2.45, 2.75) is 0 Å². The molecule has 0 fully saturated rings. The van der Waals surface area contributed by atoms with Crippen LogP contribution in [0.2, 0.25) is 0 Å². The standard InChI is InChI=1S/C16H14N2O3/c1-17-16(19)14-12-9-11(20-2)3-4-13(12)21-15(14)10-5-7-18-8-6-10/h3-9H,1-2H3,(H,17,19). The molecule has 106 valence electrons. The predicted octanol–water partition coefficient (Wildman–Crippen LogP) is 2.86. The lowest BCUT2D eigenvalue weighted by molar-refractivity contribution is 0.0964. The molecule has 0 spiro atoms. The van der Waals surface area contributed by atoms with Crippen LogP contribution in [-0.2, 0) is 0 Å². The molecular weight excluding hydrogens is 268 g/mol. The molecule has 5 heteroatoms. The molecule has 0 saturated heterocycles. The fraction of sp³-hybridized carbons (Fsp3) is 0.125. The van der Waals surface area contributed by atoms with Gasteiger partial charge in [0.1, 0.15) is 17.1 Å². The summed E-state index contributed by atoms with van der Waals surface area (Å²) in [7, 11) is 3.18. The topological polar surface area (TPSA) is 64.4 Å². The molecule has 0 atom stereocenters. The molecule has 3 rings (SSSR count). The lowest BCUT2D eigenvalue weighted by atomic mass is 10.1. The lowest BCUT2D eigenvalue weighted by Crippen LogP contribution is -2.18. The Bertz CT molecular complexity index is 794. The Hall–Kier alpha value is -2.82. The van der Waals surface area contributed by atoms with Crippen LogP contribution in [0, 0.1) is 0 Å². The van der Waals surface area contributed by atoms with Crippen LogP contribution in [0.15, 0.2) is 47.1 Å². The summed E-state index contributed by atoms with van der Waals surface area (Å²) in [5.41, 5.74) is 1.94. The molecule has 0 aliphatic heterocycles. The normalized spacial score (nSPS) is 10.6. The van der Waals surface area contributed by atoms with Gasteiger partial charge in [0, 0.05) is 30.4 Å². The number of nitrogens with one attached hydrogen (secondary N) is 1. The van der Waals surface area contributed by atoms with Gasteiger partial charge in [0.15, 0.2) is 0 Å². The summed E-state index contributed by atoms with van der Waals surface area (Å²) >= 11 is 0. The highest BCUT2D eigenvalue weighted by molar-refractivity contribution is 6.11. The van der Waals surface area contributed by atoms with E-state index < -0.39 is 0 Å². The molecule has 0 radical (unpaired) electrons. The molecule has 5 nitrogen and oxygen atoms in total. The molecule has 1 amide bonds. The van der Waals surface area contributed by atoms with E-state index in [0.29, 0.717) is 22.7 Å².